The van der Waals surface area contributed by atoms with Gasteiger partial charge >= 0.3 is 0 Å². The zero-order valence-corrected chi connectivity index (χ0v) is 21.7. The van der Waals surface area contributed by atoms with E-state index in [4.69, 9.17) is 9.47 Å². The third-order valence-corrected chi connectivity index (χ3v) is 6.75. The van der Waals surface area contributed by atoms with E-state index in [1.54, 1.807) is 13.0 Å². The standard InChI is InChI=1S/C25H32FN3O6S/c1-17(2)14-27-25(31)18(3)28(15-19-5-7-20(26)8-6-19)24(30)16-29(36(4,32)33)21-9-10-22-23(13-21)35-12-11-34-22/h5-10,13,17-18H,11-12,14-16H2,1-4H3,(H,27,31). The van der Waals surface area contributed by atoms with E-state index in [1.165, 1.54) is 41.3 Å². The van der Waals surface area contributed by atoms with Gasteiger partial charge in [0.2, 0.25) is 21.8 Å². The predicted octanol–water partition coefficient (Wildman–Crippen LogP) is 2.55. The Morgan fingerprint density at radius 3 is 2.28 bits per heavy atom. The highest BCUT2D eigenvalue weighted by atomic mass is 32.2. The molecule has 0 bridgehead atoms. The molecule has 1 N–H and O–H groups in total. The Morgan fingerprint density at radius 2 is 1.67 bits per heavy atom. The summed E-state index contributed by atoms with van der Waals surface area (Å²) in [5.41, 5.74) is 0.826. The summed E-state index contributed by atoms with van der Waals surface area (Å²) in [6.45, 7) is 6.06. The van der Waals surface area contributed by atoms with Crippen molar-refractivity contribution in [2.24, 2.45) is 5.92 Å². The molecule has 1 heterocycles. The average Bonchev–Trinajstić information content (AvgIpc) is 2.83. The van der Waals surface area contributed by atoms with Crippen molar-refractivity contribution in [2.75, 3.05) is 36.9 Å². The molecule has 196 valence electrons. The minimum atomic E-state index is -3.88. The van der Waals surface area contributed by atoms with Crippen LogP contribution in [0.15, 0.2) is 42.5 Å². The van der Waals surface area contributed by atoms with Crippen LogP contribution in [0.4, 0.5) is 10.1 Å². The van der Waals surface area contributed by atoms with Gasteiger partial charge in [-0.1, -0.05) is 26.0 Å². The first kappa shape index (κ1) is 27.3. The Labute approximate surface area is 211 Å². The van der Waals surface area contributed by atoms with Crippen molar-refractivity contribution in [3.63, 3.8) is 0 Å². The van der Waals surface area contributed by atoms with Crippen LogP contribution in [-0.2, 0) is 26.2 Å². The number of fused-ring (bicyclic) bond motifs is 1. The van der Waals surface area contributed by atoms with Crippen LogP contribution >= 0.6 is 0 Å². The van der Waals surface area contributed by atoms with Crippen molar-refractivity contribution in [3.05, 3.63) is 53.8 Å². The van der Waals surface area contributed by atoms with Crippen LogP contribution in [0.2, 0.25) is 0 Å². The topological polar surface area (TPSA) is 105 Å². The molecule has 9 nitrogen and oxygen atoms in total. The van der Waals surface area contributed by atoms with Gasteiger partial charge in [0.15, 0.2) is 11.5 Å². The van der Waals surface area contributed by atoms with Gasteiger partial charge in [-0.15, -0.1) is 0 Å². The minimum Gasteiger partial charge on any atom is -0.486 e. The van der Waals surface area contributed by atoms with E-state index in [1.807, 2.05) is 13.8 Å². The zero-order chi connectivity index (χ0) is 26.5. The highest BCUT2D eigenvalue weighted by Gasteiger charge is 2.30. The van der Waals surface area contributed by atoms with E-state index in [-0.39, 0.29) is 24.1 Å². The van der Waals surface area contributed by atoms with Gasteiger partial charge in [-0.25, -0.2) is 12.8 Å². The molecule has 1 unspecified atom stereocenters. The maximum Gasteiger partial charge on any atom is 0.244 e. The Hall–Kier alpha value is -3.34. The van der Waals surface area contributed by atoms with Crippen LogP contribution in [0, 0.1) is 11.7 Å². The number of rotatable bonds is 10. The summed E-state index contributed by atoms with van der Waals surface area (Å²) in [6.07, 6.45) is 1.00. The maximum absolute atomic E-state index is 13.5. The first-order chi connectivity index (χ1) is 17.0. The van der Waals surface area contributed by atoms with Crippen molar-refractivity contribution in [1.29, 1.82) is 0 Å². The molecule has 11 heteroatoms. The molecule has 0 spiro atoms. The molecule has 1 aliphatic rings. The molecule has 2 aromatic rings. The molecule has 3 rings (SSSR count). The van der Waals surface area contributed by atoms with E-state index in [2.05, 4.69) is 5.32 Å². The molecule has 36 heavy (non-hydrogen) atoms. The highest BCUT2D eigenvalue weighted by Crippen LogP contribution is 2.34. The molecule has 2 aromatic carbocycles. The molecule has 1 aliphatic heterocycles. The summed E-state index contributed by atoms with van der Waals surface area (Å²) in [4.78, 5) is 27.6. The number of nitrogens with zero attached hydrogens (tertiary/aromatic N) is 2. The molecule has 0 aromatic heterocycles. The van der Waals surface area contributed by atoms with Crippen LogP contribution in [0.1, 0.15) is 26.3 Å². The van der Waals surface area contributed by atoms with Gasteiger partial charge in [0.05, 0.1) is 11.9 Å². The molecule has 0 saturated heterocycles. The third-order valence-electron chi connectivity index (χ3n) is 5.61. The molecule has 1 atom stereocenters. The molecule has 0 fully saturated rings. The van der Waals surface area contributed by atoms with Gasteiger partial charge in [0.1, 0.15) is 31.6 Å². The van der Waals surface area contributed by atoms with Crippen LogP contribution in [0.3, 0.4) is 0 Å². The number of carbonyl (C=O) groups is 2. The second kappa shape index (κ2) is 11.6. The predicted molar refractivity (Wildman–Crippen MR) is 134 cm³/mol. The van der Waals surface area contributed by atoms with Gasteiger partial charge in [0, 0.05) is 19.2 Å². The number of benzene rings is 2. The summed E-state index contributed by atoms with van der Waals surface area (Å²) >= 11 is 0. The van der Waals surface area contributed by atoms with E-state index in [0.29, 0.717) is 36.8 Å². The Morgan fingerprint density at radius 1 is 1.03 bits per heavy atom. The Balaban J connectivity index is 1.89. The molecular formula is C25H32FN3O6S. The van der Waals surface area contributed by atoms with Gasteiger partial charge in [-0.3, -0.25) is 13.9 Å². The number of ether oxygens (including phenoxy) is 2. The van der Waals surface area contributed by atoms with Crippen LogP contribution < -0.4 is 19.1 Å². The van der Waals surface area contributed by atoms with Gasteiger partial charge in [-0.05, 0) is 42.7 Å². The van der Waals surface area contributed by atoms with Crippen molar-refractivity contribution < 1.29 is 31.9 Å². The lowest BCUT2D eigenvalue weighted by Gasteiger charge is -2.32. The quantitative estimate of drug-likeness (QED) is 0.515. The summed E-state index contributed by atoms with van der Waals surface area (Å²) in [7, 11) is -3.88. The fourth-order valence-electron chi connectivity index (χ4n) is 3.62. The maximum atomic E-state index is 13.5. The molecule has 2 amide bonds. The fourth-order valence-corrected chi connectivity index (χ4v) is 4.46. The van der Waals surface area contributed by atoms with E-state index < -0.39 is 34.3 Å². The van der Waals surface area contributed by atoms with Crippen molar-refractivity contribution >= 4 is 27.5 Å². The SMILES string of the molecule is CC(C)CNC(=O)C(C)N(Cc1ccc(F)cc1)C(=O)CN(c1ccc2c(c1)OCCO2)S(C)(=O)=O. The van der Waals surface area contributed by atoms with E-state index in [9.17, 15) is 22.4 Å². The lowest BCUT2D eigenvalue weighted by atomic mass is 10.1. The number of amides is 2. The third kappa shape index (κ3) is 7.09. The Bertz CT molecular complexity index is 1190. The normalized spacial score (nSPS) is 13.7. The number of sulfonamides is 1. The molecule has 0 aliphatic carbocycles. The summed E-state index contributed by atoms with van der Waals surface area (Å²) in [5, 5.41) is 2.81. The van der Waals surface area contributed by atoms with Crippen LogP contribution in [0.5, 0.6) is 11.5 Å². The summed E-state index contributed by atoms with van der Waals surface area (Å²) < 4.78 is 50.8. The largest absolute Gasteiger partial charge is 0.486 e. The summed E-state index contributed by atoms with van der Waals surface area (Å²) in [6, 6.07) is 9.29. The highest BCUT2D eigenvalue weighted by molar-refractivity contribution is 7.92. The number of halogens is 1. The number of hydrogen-bond acceptors (Lipinski definition) is 6. The number of carbonyl (C=O) groups excluding carboxylic acids is 2. The first-order valence-corrected chi connectivity index (χ1v) is 13.5. The lowest BCUT2D eigenvalue weighted by molar-refractivity contribution is -0.139. The van der Waals surface area contributed by atoms with Crippen molar-refractivity contribution in [1.82, 2.24) is 10.2 Å². The fraction of sp³-hybridized carbons (Fsp3) is 0.440. The number of anilines is 1. The average molecular weight is 522 g/mol. The van der Waals surface area contributed by atoms with Crippen LogP contribution in [-0.4, -0.2) is 63.7 Å². The number of hydrogen-bond donors (Lipinski definition) is 1. The van der Waals surface area contributed by atoms with Crippen molar-refractivity contribution in [2.45, 2.75) is 33.4 Å². The van der Waals surface area contributed by atoms with Crippen LogP contribution in [0.25, 0.3) is 0 Å². The van der Waals surface area contributed by atoms with Gasteiger partial charge in [0.25, 0.3) is 0 Å². The first-order valence-electron chi connectivity index (χ1n) is 11.6. The smallest absolute Gasteiger partial charge is 0.244 e. The molecule has 0 radical (unpaired) electrons. The second-order valence-electron chi connectivity index (χ2n) is 9.06. The molecule has 0 saturated carbocycles. The number of nitrogens with one attached hydrogen (secondary N) is 1. The minimum absolute atomic E-state index is 0.00583. The molecular weight excluding hydrogens is 489 g/mol. The lowest BCUT2D eigenvalue weighted by Crippen LogP contribution is -2.51. The van der Waals surface area contributed by atoms with Crippen molar-refractivity contribution in [3.8, 4) is 11.5 Å². The summed E-state index contributed by atoms with van der Waals surface area (Å²) in [5.74, 6) is -0.321. The monoisotopic (exact) mass is 521 g/mol. The van der Waals surface area contributed by atoms with Gasteiger partial charge in [-0.2, -0.15) is 0 Å². The van der Waals surface area contributed by atoms with Gasteiger partial charge < -0.3 is 19.7 Å². The Kier molecular flexibility index (Phi) is 8.78. The van der Waals surface area contributed by atoms with E-state index >= 15 is 0 Å². The van der Waals surface area contributed by atoms with E-state index in [0.717, 1.165) is 10.6 Å². The second-order valence-corrected chi connectivity index (χ2v) is 11.0. The zero-order valence-electron chi connectivity index (χ0n) is 20.9.